The van der Waals surface area contributed by atoms with Gasteiger partial charge in [0.1, 0.15) is 41.2 Å². The van der Waals surface area contributed by atoms with E-state index in [9.17, 15) is 26.3 Å². The Bertz CT molecular complexity index is 5940. The fraction of sp³-hybridized carbons (Fsp3) is 0.509. The highest BCUT2D eigenvalue weighted by molar-refractivity contribution is 6.11. The summed E-state index contributed by atoms with van der Waals surface area (Å²) >= 11 is 0. The van der Waals surface area contributed by atoms with E-state index >= 15 is 0 Å². The molecule has 4 aromatic heterocycles. The molecule has 16 nitrogen and oxygen atoms in total. The maximum atomic E-state index is 15.0. The molecule has 0 spiro atoms. The van der Waals surface area contributed by atoms with E-state index in [1.807, 2.05) is 55.6 Å². The minimum absolute atomic E-state index is 0.00836. The number of rotatable bonds is 5. The average molecular weight is 1890 g/mol. The largest absolute Gasteiger partial charge is 0.444 e. The fourth-order valence-electron chi connectivity index (χ4n) is 20.3. The van der Waals surface area contributed by atoms with Gasteiger partial charge < -0.3 is 46.1 Å². The van der Waals surface area contributed by atoms with Gasteiger partial charge >= 0.3 is 0 Å². The van der Waals surface area contributed by atoms with Gasteiger partial charge in [0.15, 0.2) is 12.2 Å². The highest BCUT2D eigenvalue weighted by Gasteiger charge is 2.37. The number of nitrogens with zero attached hydrogens (tertiary/aromatic N) is 6. The highest BCUT2D eigenvalue weighted by Crippen LogP contribution is 2.46. The molecule has 8 N–H and O–H groups in total. The summed E-state index contributed by atoms with van der Waals surface area (Å²) in [7, 11) is 1.85. The number of H-pyrrole nitrogens is 1. The monoisotopic (exact) mass is 1890 g/mol. The first kappa shape index (κ1) is 105. The Kier molecular flexibility index (Phi) is 32.2. The van der Waals surface area contributed by atoms with Gasteiger partial charge in [0, 0.05) is 93.7 Å². The molecule has 8 aliphatic rings. The van der Waals surface area contributed by atoms with Crippen LogP contribution < -0.4 is 37.2 Å². The van der Waals surface area contributed by atoms with Crippen molar-refractivity contribution in [2.45, 2.75) is 326 Å². The topological polar surface area (TPSA) is 195 Å². The SMILES string of the molecule is CC(C)(C)c1cc(-c2ccn[nH]2)c(F)c2c1CNCC2.CC(C)(C)c1cc(-c2cnco2)c(F)c2c1CNCC2.CC(C)(C)c1cc(-c2ncco2)c(F)c2c1CNCC2.CC(C)(C)c1cc(C(C)(C)C)c2c(c1F)CCNC2.CC(C)(C)c1cc(C2=CCN=C2)c(F)c2c1CNCC2.CC(C)(C)c1cc2c(c(C(C)(C)C)c1)CNCC2.Cn1nccc1-c1cc(C(C)(C)C)c2c(c1F)CCNC2. The molecule has 0 radical (unpaired) electrons. The second kappa shape index (κ2) is 42.1. The molecule has 0 unspecified atom stereocenters. The van der Waals surface area contributed by atoms with E-state index in [4.69, 9.17) is 8.83 Å². The number of aryl methyl sites for hydroxylation is 1. The molecule has 12 heterocycles. The lowest BCUT2D eigenvalue weighted by atomic mass is 9.75. The second-order valence-electron chi connectivity index (χ2n) is 47.5. The highest BCUT2D eigenvalue weighted by atomic mass is 19.1. The molecule has 0 amide bonds. The maximum absolute atomic E-state index is 15.0. The lowest BCUT2D eigenvalue weighted by Gasteiger charge is -2.32. The summed E-state index contributed by atoms with van der Waals surface area (Å²) in [6, 6.07) is 20.5. The molecule has 11 aromatic rings. The quantitative estimate of drug-likeness (QED) is 0.0759. The molecule has 138 heavy (non-hydrogen) atoms. The zero-order chi connectivity index (χ0) is 100. The molecule has 0 bridgehead atoms. The van der Waals surface area contributed by atoms with Gasteiger partial charge in [0.25, 0.3) is 0 Å². The second-order valence-corrected chi connectivity index (χ2v) is 47.5. The van der Waals surface area contributed by atoms with Gasteiger partial charge in [-0.3, -0.25) is 14.8 Å². The van der Waals surface area contributed by atoms with Crippen LogP contribution in [0.25, 0.3) is 50.9 Å². The number of halogens is 6. The summed E-state index contributed by atoms with van der Waals surface area (Å²) in [5.74, 6) is 0.305. The van der Waals surface area contributed by atoms with Gasteiger partial charge in [-0.1, -0.05) is 211 Å². The Morgan fingerprint density at radius 1 is 0.333 bits per heavy atom. The van der Waals surface area contributed by atoms with E-state index in [1.54, 1.807) is 46.8 Å². The van der Waals surface area contributed by atoms with Crippen LogP contribution in [-0.4, -0.2) is 88.5 Å². The smallest absolute Gasteiger partial charge is 0.228 e. The molecule has 742 valence electrons. The van der Waals surface area contributed by atoms with Gasteiger partial charge in [0.2, 0.25) is 5.89 Å². The standard InChI is InChI=1S/C17H22FN3.C17H21FN2.C17H26FN.C17H27N.C16H20FN3.2C16H19FN2O/c1-17(2,3)14-9-12(15-6-8-20-21(15)4)16(18)11-5-7-19-10-13(11)14;1-17(2,3)15-8-13(11-4-6-19-9-11)16(18)12-5-7-20-10-14(12)15;1-16(2,3)13-9-14(17(4,5)6)15(18)11-7-8-19-10-12(11)13;1-16(2,3)13-9-12-7-8-18-11-14(12)15(10-13)17(4,5)6;1-16(2,3)13-8-11(14-5-7-19-20-14)15(17)10-4-6-18-9-12(10)13;1-16(2,3)13-6-11(14-8-19-9-20-14)15(17)10-4-5-18-7-12(10)13;1-16(2,3)13-8-11(15-19-6-7-20-15)14(17)10-4-5-18-9-12(10)13/h6,8-9,19H,5,7,10H2,1-4H3;4,8-9,20H,5-7,10H2,1-3H3;9,19H,7-8,10H2,1-6H3;9-10,18H,7-8,11H2,1-6H3;5,7-8,18H,4,6,9H2,1-3H3,(H,19,20);6,8-9,18H,4-5,7H2,1-3H3;6-8,18H,4-5,9H2,1-3H3. The Morgan fingerprint density at radius 2 is 0.696 bits per heavy atom. The van der Waals surface area contributed by atoms with Crippen molar-refractivity contribution >= 4 is 11.8 Å². The third kappa shape index (κ3) is 23.9. The van der Waals surface area contributed by atoms with Crippen molar-refractivity contribution < 1.29 is 35.2 Å². The average Bonchev–Trinajstić information content (AvgIpc) is 1.46. The van der Waals surface area contributed by atoms with Gasteiger partial charge in [-0.15, -0.1) is 0 Å². The van der Waals surface area contributed by atoms with Gasteiger partial charge in [-0.05, 0) is 310 Å². The predicted molar refractivity (Wildman–Crippen MR) is 553 cm³/mol. The normalized spacial score (nSPS) is 15.9. The summed E-state index contributed by atoms with van der Waals surface area (Å²) in [5.41, 5.74) is 32.1. The van der Waals surface area contributed by atoms with Crippen molar-refractivity contribution in [2.24, 2.45) is 12.0 Å². The Labute approximate surface area is 818 Å². The molecule has 0 fully saturated rings. The number of hydrogen-bond acceptors (Lipinski definition) is 14. The van der Waals surface area contributed by atoms with E-state index in [1.165, 1.54) is 63.6 Å². The van der Waals surface area contributed by atoms with E-state index in [0.29, 0.717) is 53.3 Å². The number of aromatic nitrogens is 6. The number of oxazole rings is 2. The Hall–Kier alpha value is -9.91. The van der Waals surface area contributed by atoms with Crippen LogP contribution in [-0.2, 0) is 147 Å². The van der Waals surface area contributed by atoms with Crippen molar-refractivity contribution in [2.75, 3.05) is 52.4 Å². The van der Waals surface area contributed by atoms with Crippen molar-refractivity contribution in [3.8, 4) is 45.3 Å². The summed E-state index contributed by atoms with van der Waals surface area (Å²) in [6.07, 6.45) is 18.7. The van der Waals surface area contributed by atoms with Crippen LogP contribution in [0.4, 0.5) is 26.3 Å². The number of nitrogens with one attached hydrogen (secondary N) is 8. The van der Waals surface area contributed by atoms with Crippen molar-refractivity contribution in [3.63, 3.8) is 0 Å². The first-order chi connectivity index (χ1) is 64.6. The predicted octanol–water partition coefficient (Wildman–Crippen LogP) is 24.4. The number of fused-ring (bicyclic) bond motifs is 7. The van der Waals surface area contributed by atoms with E-state index in [2.05, 4.69) is 273 Å². The first-order valence-electron chi connectivity index (χ1n) is 49.8. The molecule has 22 heteroatoms. The van der Waals surface area contributed by atoms with E-state index in [-0.39, 0.29) is 83.6 Å². The lowest BCUT2D eigenvalue weighted by molar-refractivity contribution is 0.488. The van der Waals surface area contributed by atoms with Crippen LogP contribution in [0.3, 0.4) is 0 Å². The van der Waals surface area contributed by atoms with Crippen molar-refractivity contribution in [1.29, 1.82) is 0 Å². The van der Waals surface area contributed by atoms with E-state index < -0.39 is 0 Å². The van der Waals surface area contributed by atoms with Gasteiger partial charge in [0.05, 0.1) is 41.5 Å². The molecule has 19 rings (SSSR count). The Balaban J connectivity index is 0.000000136. The van der Waals surface area contributed by atoms with Crippen molar-refractivity contribution in [1.82, 2.24) is 67.2 Å². The third-order valence-corrected chi connectivity index (χ3v) is 27.7. The van der Waals surface area contributed by atoms with Crippen LogP contribution in [0.1, 0.15) is 320 Å². The Morgan fingerprint density at radius 3 is 1.07 bits per heavy atom. The number of benzene rings is 7. The molecular formula is C116H154F6N14O2. The summed E-state index contributed by atoms with van der Waals surface area (Å²) < 4.78 is 101. The van der Waals surface area contributed by atoms with Crippen LogP contribution in [0.5, 0.6) is 0 Å². The van der Waals surface area contributed by atoms with Gasteiger partial charge in [-0.25, -0.2) is 36.3 Å². The molecule has 0 saturated heterocycles. The molecule has 0 aliphatic carbocycles. The summed E-state index contributed by atoms with van der Waals surface area (Å²) in [4.78, 5) is 12.2. The summed E-state index contributed by atoms with van der Waals surface area (Å²) in [6.45, 7) is 71.7. The zero-order valence-corrected chi connectivity index (χ0v) is 87.7. The zero-order valence-electron chi connectivity index (χ0n) is 87.7. The van der Waals surface area contributed by atoms with Crippen LogP contribution >= 0.6 is 0 Å². The van der Waals surface area contributed by atoms with E-state index in [0.717, 1.165) is 212 Å². The van der Waals surface area contributed by atoms with Crippen LogP contribution in [0, 0.1) is 34.9 Å². The molecule has 0 atom stereocenters. The minimum atomic E-state index is -0.183. The number of hydrogen-bond donors (Lipinski definition) is 8. The fourth-order valence-corrected chi connectivity index (χ4v) is 20.3. The minimum Gasteiger partial charge on any atom is -0.444 e. The molecule has 8 aliphatic heterocycles. The summed E-state index contributed by atoms with van der Waals surface area (Å²) in [5, 5.41) is 34.6. The first-order valence-corrected chi connectivity index (χ1v) is 49.8. The lowest BCUT2D eigenvalue weighted by Crippen LogP contribution is -2.30. The number of aromatic amines is 1. The maximum Gasteiger partial charge on any atom is 0.228 e. The molecular weight excluding hydrogens is 1740 g/mol. The van der Waals surface area contributed by atoms with Crippen LogP contribution in [0.2, 0.25) is 0 Å². The molecule has 7 aromatic carbocycles. The van der Waals surface area contributed by atoms with Crippen molar-refractivity contribution in [3.05, 3.63) is 273 Å². The third-order valence-electron chi connectivity index (χ3n) is 27.7. The van der Waals surface area contributed by atoms with Crippen LogP contribution in [0.15, 0.2) is 118 Å². The number of aliphatic imine (C=N–C) groups is 1. The van der Waals surface area contributed by atoms with Gasteiger partial charge in [-0.2, -0.15) is 10.2 Å². The molecule has 0 saturated carbocycles. The number of allylic oxidation sites excluding steroid dienone is 1.